The van der Waals surface area contributed by atoms with Gasteiger partial charge in [0, 0.05) is 6.54 Å². The van der Waals surface area contributed by atoms with Crippen molar-refractivity contribution in [1.29, 1.82) is 0 Å². The Balaban J connectivity index is 1.86. The highest BCUT2D eigenvalue weighted by molar-refractivity contribution is 7.80. The molecule has 3 nitrogen and oxygen atoms in total. The Labute approximate surface area is 119 Å². The smallest absolute Gasteiger partial charge is 0.233 e. The Morgan fingerprint density at radius 2 is 2.05 bits per heavy atom. The molecule has 1 aliphatic carbocycles. The first-order valence-electron chi connectivity index (χ1n) is 6.67. The highest BCUT2D eigenvalue weighted by Gasteiger charge is 2.50. The van der Waals surface area contributed by atoms with Crippen LogP contribution >= 0.6 is 12.2 Å². The fourth-order valence-corrected chi connectivity index (χ4v) is 3.02. The number of carbonyl (C=O) groups excluding carboxylic acids is 1. The van der Waals surface area contributed by atoms with Crippen LogP contribution in [0.25, 0.3) is 0 Å². The normalized spacial score (nSPS) is 25.4. The quantitative estimate of drug-likeness (QED) is 0.809. The minimum Gasteiger partial charge on any atom is -0.392 e. The van der Waals surface area contributed by atoms with Crippen molar-refractivity contribution in [2.75, 3.05) is 6.54 Å². The predicted octanol–water partition coefficient (Wildman–Crippen LogP) is 2.05. The van der Waals surface area contributed by atoms with Crippen LogP contribution in [-0.4, -0.2) is 17.4 Å². The average Bonchev–Trinajstić information content (AvgIpc) is 2.35. The van der Waals surface area contributed by atoms with Crippen LogP contribution in [-0.2, 0) is 11.2 Å². The maximum Gasteiger partial charge on any atom is 0.233 e. The molecule has 0 unspecified atom stereocenters. The van der Waals surface area contributed by atoms with Gasteiger partial charge in [0.25, 0.3) is 0 Å². The van der Waals surface area contributed by atoms with E-state index in [-0.39, 0.29) is 5.91 Å². The van der Waals surface area contributed by atoms with E-state index in [1.54, 1.807) is 0 Å². The van der Waals surface area contributed by atoms with E-state index in [1.807, 2.05) is 18.2 Å². The zero-order chi connectivity index (χ0) is 13.9. The minimum atomic E-state index is -0.592. The summed E-state index contributed by atoms with van der Waals surface area (Å²) in [4.78, 5) is 12.6. The number of thiocarbonyl (C=S) groups is 1. The second-order valence-electron chi connectivity index (χ2n) is 5.45. The van der Waals surface area contributed by atoms with Crippen LogP contribution in [0.3, 0.4) is 0 Å². The van der Waals surface area contributed by atoms with Crippen molar-refractivity contribution in [2.24, 2.45) is 17.1 Å². The molecular weight excluding hydrogens is 256 g/mol. The standard InChI is InChI=1S/C15H20N2OS/c1-11-9-15(10-11,13(16)19)14(18)17-8-7-12-5-3-2-4-6-12/h2-6,11H,7-10H2,1H3,(H2,16,19)(H,17,18). The van der Waals surface area contributed by atoms with Crippen LogP contribution in [0.2, 0.25) is 0 Å². The van der Waals surface area contributed by atoms with Crippen LogP contribution in [0.1, 0.15) is 25.3 Å². The molecular formula is C15H20N2OS. The molecule has 0 radical (unpaired) electrons. The van der Waals surface area contributed by atoms with E-state index in [4.69, 9.17) is 18.0 Å². The van der Waals surface area contributed by atoms with E-state index in [0.717, 1.165) is 19.3 Å². The molecule has 0 spiro atoms. The summed E-state index contributed by atoms with van der Waals surface area (Å²) in [6.07, 6.45) is 2.38. The van der Waals surface area contributed by atoms with Gasteiger partial charge in [0.1, 0.15) is 0 Å². The summed E-state index contributed by atoms with van der Waals surface area (Å²) in [5.41, 5.74) is 6.37. The summed E-state index contributed by atoms with van der Waals surface area (Å²) in [5.74, 6) is 0.524. The molecule has 1 aliphatic rings. The first kappa shape index (κ1) is 14.0. The molecule has 4 heteroatoms. The lowest BCUT2D eigenvalue weighted by Crippen LogP contribution is -2.56. The second kappa shape index (κ2) is 5.70. The molecule has 1 aromatic rings. The molecule has 102 valence electrons. The highest BCUT2D eigenvalue weighted by Crippen LogP contribution is 2.45. The van der Waals surface area contributed by atoms with Gasteiger partial charge in [-0.1, -0.05) is 49.5 Å². The lowest BCUT2D eigenvalue weighted by molar-refractivity contribution is -0.132. The summed E-state index contributed by atoms with van der Waals surface area (Å²) in [6, 6.07) is 10.1. The lowest BCUT2D eigenvalue weighted by Gasteiger charge is -2.44. The molecule has 19 heavy (non-hydrogen) atoms. The first-order chi connectivity index (χ1) is 9.04. The fraction of sp³-hybridized carbons (Fsp3) is 0.467. The maximum atomic E-state index is 12.2. The van der Waals surface area contributed by atoms with Crippen molar-refractivity contribution in [1.82, 2.24) is 5.32 Å². The summed E-state index contributed by atoms with van der Waals surface area (Å²) in [6.45, 7) is 2.75. The Kier molecular flexibility index (Phi) is 4.20. The Bertz CT molecular complexity index is 466. The zero-order valence-electron chi connectivity index (χ0n) is 11.2. The number of nitrogens with two attached hydrogens (primary N) is 1. The molecule has 0 bridgehead atoms. The molecule has 3 N–H and O–H groups in total. The molecule has 0 saturated heterocycles. The van der Waals surface area contributed by atoms with E-state index in [1.165, 1.54) is 5.56 Å². The molecule has 1 fully saturated rings. The van der Waals surface area contributed by atoms with E-state index in [9.17, 15) is 4.79 Å². The predicted molar refractivity (Wildman–Crippen MR) is 80.8 cm³/mol. The van der Waals surface area contributed by atoms with Crippen molar-refractivity contribution in [2.45, 2.75) is 26.2 Å². The summed E-state index contributed by atoms with van der Waals surface area (Å²) >= 11 is 5.07. The van der Waals surface area contributed by atoms with Crippen molar-refractivity contribution >= 4 is 23.1 Å². The second-order valence-corrected chi connectivity index (χ2v) is 5.89. The highest BCUT2D eigenvalue weighted by atomic mass is 32.1. The third-order valence-corrected chi connectivity index (χ3v) is 4.23. The van der Waals surface area contributed by atoms with Gasteiger partial charge in [-0.15, -0.1) is 0 Å². The minimum absolute atomic E-state index is 0.00553. The molecule has 0 aliphatic heterocycles. The van der Waals surface area contributed by atoms with Crippen molar-refractivity contribution in [3.05, 3.63) is 35.9 Å². The van der Waals surface area contributed by atoms with Gasteiger partial charge in [0.15, 0.2) is 0 Å². The van der Waals surface area contributed by atoms with Crippen LogP contribution in [0.5, 0.6) is 0 Å². The Hall–Kier alpha value is -1.42. The van der Waals surface area contributed by atoms with Gasteiger partial charge >= 0.3 is 0 Å². The summed E-state index contributed by atoms with van der Waals surface area (Å²) in [5, 5.41) is 2.97. The van der Waals surface area contributed by atoms with Gasteiger partial charge in [-0.25, -0.2) is 0 Å². The third-order valence-electron chi connectivity index (χ3n) is 3.84. The van der Waals surface area contributed by atoms with Crippen molar-refractivity contribution in [3.63, 3.8) is 0 Å². The van der Waals surface area contributed by atoms with Gasteiger partial charge < -0.3 is 11.1 Å². The van der Waals surface area contributed by atoms with E-state index < -0.39 is 5.41 Å². The number of benzene rings is 1. The lowest BCUT2D eigenvalue weighted by atomic mass is 9.62. The van der Waals surface area contributed by atoms with Gasteiger partial charge in [0.2, 0.25) is 5.91 Å². The molecule has 1 saturated carbocycles. The average molecular weight is 276 g/mol. The van der Waals surface area contributed by atoms with Gasteiger partial charge in [-0.3, -0.25) is 4.79 Å². The van der Waals surface area contributed by atoms with Crippen LogP contribution < -0.4 is 11.1 Å². The third kappa shape index (κ3) is 2.95. The monoisotopic (exact) mass is 276 g/mol. The van der Waals surface area contributed by atoms with Crippen molar-refractivity contribution in [3.8, 4) is 0 Å². The number of carbonyl (C=O) groups is 1. The Morgan fingerprint density at radius 3 is 2.58 bits per heavy atom. The van der Waals surface area contributed by atoms with Gasteiger partial charge in [-0.05, 0) is 30.7 Å². The SMILES string of the molecule is CC1CC(C(=O)NCCc2ccccc2)(C(N)=S)C1. The summed E-state index contributed by atoms with van der Waals surface area (Å²) < 4.78 is 0. The van der Waals surface area contributed by atoms with E-state index >= 15 is 0 Å². The number of rotatable bonds is 5. The molecule has 0 aromatic heterocycles. The Morgan fingerprint density at radius 1 is 1.42 bits per heavy atom. The number of nitrogens with one attached hydrogen (secondary N) is 1. The number of hydrogen-bond donors (Lipinski definition) is 2. The van der Waals surface area contributed by atoms with Gasteiger partial charge in [-0.2, -0.15) is 0 Å². The maximum absolute atomic E-state index is 12.2. The zero-order valence-corrected chi connectivity index (χ0v) is 12.0. The van der Waals surface area contributed by atoms with Crippen LogP contribution in [0.4, 0.5) is 0 Å². The summed E-state index contributed by atoms with van der Waals surface area (Å²) in [7, 11) is 0. The molecule has 0 heterocycles. The van der Waals surface area contributed by atoms with Crippen LogP contribution in [0, 0.1) is 11.3 Å². The molecule has 2 rings (SSSR count). The first-order valence-corrected chi connectivity index (χ1v) is 7.07. The van der Waals surface area contributed by atoms with Gasteiger partial charge in [0.05, 0.1) is 10.4 Å². The number of amides is 1. The van der Waals surface area contributed by atoms with Crippen LogP contribution in [0.15, 0.2) is 30.3 Å². The van der Waals surface area contributed by atoms with E-state index in [0.29, 0.717) is 17.5 Å². The van der Waals surface area contributed by atoms with Crippen molar-refractivity contribution < 1.29 is 4.79 Å². The largest absolute Gasteiger partial charge is 0.392 e. The number of hydrogen-bond acceptors (Lipinski definition) is 2. The fourth-order valence-electron chi connectivity index (χ4n) is 2.76. The molecule has 1 amide bonds. The molecule has 1 aromatic carbocycles. The topological polar surface area (TPSA) is 55.1 Å². The van der Waals surface area contributed by atoms with E-state index in [2.05, 4.69) is 24.4 Å². The molecule has 0 atom stereocenters.